The van der Waals surface area contributed by atoms with Gasteiger partial charge in [0.05, 0.1) is 17.1 Å². The Bertz CT molecular complexity index is 534. The Balaban J connectivity index is -0.000000174. The Hall–Kier alpha value is -3.18. The number of nitrogens with zero attached hydrogens (tertiary/aromatic N) is 3. The Labute approximate surface area is 183 Å². The highest BCUT2D eigenvalue weighted by Crippen LogP contribution is 1.92. The van der Waals surface area contributed by atoms with E-state index in [9.17, 15) is 14.4 Å². The molecule has 0 heterocycles. The Morgan fingerprint density at radius 2 is 0.710 bits per heavy atom. The van der Waals surface area contributed by atoms with Gasteiger partial charge in [-0.3, -0.25) is 0 Å². The second kappa shape index (κ2) is 20.1. The lowest BCUT2D eigenvalue weighted by molar-refractivity contribution is -0.149. The highest BCUT2D eigenvalue weighted by molar-refractivity contribution is 5.79. The minimum Gasteiger partial charge on any atom is -0.478 e. The molecular formula is C19H37N3O9. The topological polar surface area (TPSA) is 177 Å². The summed E-state index contributed by atoms with van der Waals surface area (Å²) in [7, 11) is 0. The van der Waals surface area contributed by atoms with Crippen molar-refractivity contribution in [3.8, 4) is 0 Å². The largest absolute Gasteiger partial charge is 0.478 e. The molecule has 0 saturated carbocycles. The fourth-order valence-corrected chi connectivity index (χ4v) is 0.689. The van der Waals surface area contributed by atoms with Gasteiger partial charge in [-0.1, -0.05) is 22.9 Å². The number of hydrogen-bond acceptors (Lipinski definition) is 9. The molecule has 182 valence electrons. The van der Waals surface area contributed by atoms with Gasteiger partial charge in [0.15, 0.2) is 0 Å². The lowest BCUT2D eigenvalue weighted by atomic mass is 10.4. The summed E-state index contributed by atoms with van der Waals surface area (Å²) < 4.78 is 0. The summed E-state index contributed by atoms with van der Waals surface area (Å²) in [6.07, 6.45) is -2.60. The molecule has 3 N–H and O–H groups in total. The van der Waals surface area contributed by atoms with Crippen LogP contribution in [-0.4, -0.2) is 68.7 Å². The molecule has 31 heavy (non-hydrogen) atoms. The van der Waals surface area contributed by atoms with Gasteiger partial charge in [0, 0.05) is 0 Å². The average Bonchev–Trinajstić information content (AvgIpc) is 2.62. The van der Waals surface area contributed by atoms with Gasteiger partial charge in [-0.15, -0.1) is 0 Å². The van der Waals surface area contributed by atoms with Crippen LogP contribution in [0.2, 0.25) is 0 Å². The number of aliphatic carboxylic acids is 3. The standard InChI is InChI=1S/3C6H11NO3.CH4/c3*1-4(2)7-10-5(3)6(8)9;/h3*5H,1-3H3,(H,8,9);1H4/t2*5-;;/m10../s1. The minimum absolute atomic E-state index is 0. The summed E-state index contributed by atoms with van der Waals surface area (Å²) in [5, 5.41) is 35.3. The third-order valence-electron chi connectivity index (χ3n) is 2.22. The van der Waals surface area contributed by atoms with E-state index in [0.29, 0.717) is 17.1 Å². The van der Waals surface area contributed by atoms with Crippen LogP contribution >= 0.6 is 0 Å². The van der Waals surface area contributed by atoms with Gasteiger partial charge in [0.2, 0.25) is 18.3 Å². The van der Waals surface area contributed by atoms with Crippen molar-refractivity contribution >= 4 is 35.0 Å². The molecule has 12 nitrogen and oxygen atoms in total. The van der Waals surface area contributed by atoms with Crippen LogP contribution in [0.25, 0.3) is 0 Å². The first-order valence-electron chi connectivity index (χ1n) is 8.81. The number of rotatable bonds is 9. The Morgan fingerprint density at radius 1 is 0.548 bits per heavy atom. The van der Waals surface area contributed by atoms with Gasteiger partial charge >= 0.3 is 17.9 Å². The molecular weight excluding hydrogens is 414 g/mol. The summed E-state index contributed by atoms with van der Waals surface area (Å²) in [6, 6.07) is 0. The molecule has 0 radical (unpaired) electrons. The third kappa shape index (κ3) is 29.1. The maximum atomic E-state index is 10.1. The zero-order valence-electron chi connectivity index (χ0n) is 18.9. The van der Waals surface area contributed by atoms with E-state index < -0.39 is 36.2 Å². The molecule has 0 saturated heterocycles. The van der Waals surface area contributed by atoms with Crippen LogP contribution in [0, 0.1) is 0 Å². The first-order valence-corrected chi connectivity index (χ1v) is 8.81. The summed E-state index contributed by atoms with van der Waals surface area (Å²) in [4.78, 5) is 44.0. The molecule has 3 atom stereocenters. The fourth-order valence-electron chi connectivity index (χ4n) is 0.689. The van der Waals surface area contributed by atoms with Gasteiger partial charge in [0.1, 0.15) is 0 Å². The fraction of sp³-hybridized carbons (Fsp3) is 0.684. The third-order valence-corrected chi connectivity index (χ3v) is 2.22. The van der Waals surface area contributed by atoms with Gasteiger partial charge in [0.25, 0.3) is 0 Å². The van der Waals surface area contributed by atoms with Gasteiger partial charge in [-0.05, 0) is 62.3 Å². The smallest absolute Gasteiger partial charge is 0.347 e. The normalized spacial score (nSPS) is 11.5. The van der Waals surface area contributed by atoms with Crippen molar-refractivity contribution in [1.82, 2.24) is 0 Å². The van der Waals surface area contributed by atoms with Gasteiger partial charge in [-0.2, -0.15) is 0 Å². The van der Waals surface area contributed by atoms with Crippen LogP contribution in [0.5, 0.6) is 0 Å². The molecule has 0 spiro atoms. The van der Waals surface area contributed by atoms with E-state index in [0.717, 1.165) is 0 Å². The predicted octanol–water partition coefficient (Wildman–Crippen LogP) is 3.25. The first-order chi connectivity index (χ1) is 13.6. The highest BCUT2D eigenvalue weighted by Gasteiger charge is 2.11. The maximum absolute atomic E-state index is 10.1. The van der Waals surface area contributed by atoms with E-state index >= 15 is 0 Å². The van der Waals surface area contributed by atoms with Gasteiger partial charge in [-0.25, -0.2) is 14.4 Å². The highest BCUT2D eigenvalue weighted by atomic mass is 16.7. The molecule has 0 aromatic rings. The molecule has 0 rings (SSSR count). The Kier molecular flexibility index (Phi) is 22.9. The molecule has 0 aliphatic heterocycles. The summed E-state index contributed by atoms with van der Waals surface area (Å²) in [5.74, 6) is -3.03. The SMILES string of the molecule is C.CC(C)=NOC(C)C(=O)O.CC(C)=NO[C@@H](C)C(=O)O.CC(C)=NO[C@H](C)C(=O)O. The quantitative estimate of drug-likeness (QED) is 0.350. The van der Waals surface area contributed by atoms with Crippen LogP contribution in [0.15, 0.2) is 15.5 Å². The van der Waals surface area contributed by atoms with Crippen molar-refractivity contribution in [2.45, 2.75) is 88.1 Å². The zero-order chi connectivity index (χ0) is 24.4. The van der Waals surface area contributed by atoms with E-state index in [4.69, 9.17) is 15.3 Å². The second-order valence-electron chi connectivity index (χ2n) is 6.37. The lowest BCUT2D eigenvalue weighted by Crippen LogP contribution is -2.17. The molecule has 0 bridgehead atoms. The van der Waals surface area contributed by atoms with Gasteiger partial charge < -0.3 is 29.8 Å². The van der Waals surface area contributed by atoms with Crippen molar-refractivity contribution in [1.29, 1.82) is 0 Å². The zero-order valence-corrected chi connectivity index (χ0v) is 18.9. The molecule has 0 aromatic carbocycles. The molecule has 0 aliphatic carbocycles. The second-order valence-corrected chi connectivity index (χ2v) is 6.37. The van der Waals surface area contributed by atoms with Crippen molar-refractivity contribution < 1.29 is 44.2 Å². The minimum atomic E-state index is -1.01. The number of carboxylic acid groups (broad SMARTS) is 3. The number of carbonyl (C=O) groups is 3. The van der Waals surface area contributed by atoms with Crippen molar-refractivity contribution in [2.24, 2.45) is 15.5 Å². The van der Waals surface area contributed by atoms with E-state index in [-0.39, 0.29) is 7.43 Å². The summed E-state index contributed by atoms with van der Waals surface area (Å²) in [6.45, 7) is 14.7. The van der Waals surface area contributed by atoms with Crippen LogP contribution in [0.4, 0.5) is 0 Å². The first kappa shape index (κ1) is 35.3. The van der Waals surface area contributed by atoms with E-state index in [1.807, 2.05) is 0 Å². The molecule has 0 aromatic heterocycles. The number of carboxylic acids is 3. The summed E-state index contributed by atoms with van der Waals surface area (Å²) in [5.41, 5.74) is 2.11. The predicted molar refractivity (Wildman–Crippen MR) is 118 cm³/mol. The van der Waals surface area contributed by atoms with E-state index in [2.05, 4.69) is 30.0 Å². The van der Waals surface area contributed by atoms with E-state index in [1.54, 1.807) is 41.5 Å². The van der Waals surface area contributed by atoms with Crippen LogP contribution < -0.4 is 0 Å². The van der Waals surface area contributed by atoms with Crippen LogP contribution in [0.1, 0.15) is 69.7 Å². The van der Waals surface area contributed by atoms with E-state index in [1.165, 1.54) is 20.8 Å². The summed E-state index contributed by atoms with van der Waals surface area (Å²) >= 11 is 0. The maximum Gasteiger partial charge on any atom is 0.347 e. The van der Waals surface area contributed by atoms with Crippen LogP contribution in [-0.2, 0) is 28.9 Å². The number of oxime groups is 3. The Morgan fingerprint density at radius 3 is 0.806 bits per heavy atom. The molecule has 12 heteroatoms. The monoisotopic (exact) mass is 451 g/mol. The molecule has 1 unspecified atom stereocenters. The average molecular weight is 452 g/mol. The van der Waals surface area contributed by atoms with Crippen LogP contribution in [0.3, 0.4) is 0 Å². The molecule has 0 aliphatic rings. The number of hydrogen-bond donors (Lipinski definition) is 3. The molecule has 0 fully saturated rings. The lowest BCUT2D eigenvalue weighted by Gasteiger charge is -2.02. The van der Waals surface area contributed by atoms with Crippen molar-refractivity contribution in [3.63, 3.8) is 0 Å². The molecule has 0 amide bonds. The van der Waals surface area contributed by atoms with Crippen molar-refractivity contribution in [2.75, 3.05) is 0 Å². The van der Waals surface area contributed by atoms with Crippen molar-refractivity contribution in [3.05, 3.63) is 0 Å².